The number of rotatable bonds is 1. The molecule has 1 aliphatic heterocycles. The summed E-state index contributed by atoms with van der Waals surface area (Å²) in [5.41, 5.74) is -0.312. The summed E-state index contributed by atoms with van der Waals surface area (Å²) in [4.78, 5) is 32.1. The Balaban J connectivity index is 2.70. The minimum Gasteiger partial charge on any atom is -0.386 e. The van der Waals surface area contributed by atoms with Crippen LogP contribution in [-0.4, -0.2) is 16.9 Å². The number of nitro groups is 1. The zero-order valence-corrected chi connectivity index (χ0v) is 8.61. The van der Waals surface area contributed by atoms with Crippen molar-refractivity contribution in [2.45, 2.75) is 0 Å². The van der Waals surface area contributed by atoms with Gasteiger partial charge in [-0.1, -0.05) is 0 Å². The van der Waals surface area contributed by atoms with Crippen molar-refractivity contribution in [3.8, 4) is 0 Å². The van der Waals surface area contributed by atoms with Gasteiger partial charge in [-0.2, -0.15) is 0 Å². The van der Waals surface area contributed by atoms with Gasteiger partial charge in [-0.05, 0) is 22.0 Å². The monoisotopic (exact) mass is 271 g/mol. The number of esters is 2. The zero-order chi connectivity index (χ0) is 11.2. The smallest absolute Gasteiger partial charge is 0.347 e. The molecule has 0 unspecified atom stereocenters. The first-order chi connectivity index (χ1) is 7.00. The number of hydrogen-bond acceptors (Lipinski definition) is 5. The van der Waals surface area contributed by atoms with Gasteiger partial charge in [0.25, 0.3) is 5.69 Å². The van der Waals surface area contributed by atoms with Gasteiger partial charge in [0.2, 0.25) is 0 Å². The molecular weight excluding hydrogens is 270 g/mol. The van der Waals surface area contributed by atoms with Crippen LogP contribution in [0.3, 0.4) is 0 Å². The molecule has 6 nitrogen and oxygen atoms in total. The van der Waals surface area contributed by atoms with Crippen molar-refractivity contribution in [2.24, 2.45) is 0 Å². The molecule has 1 heterocycles. The number of halogens is 1. The molecule has 0 aliphatic carbocycles. The van der Waals surface area contributed by atoms with E-state index in [0.29, 0.717) is 0 Å². The Morgan fingerprint density at radius 3 is 2.27 bits per heavy atom. The third kappa shape index (κ3) is 1.40. The predicted molar refractivity (Wildman–Crippen MR) is 50.5 cm³/mol. The highest BCUT2D eigenvalue weighted by molar-refractivity contribution is 9.10. The van der Waals surface area contributed by atoms with Gasteiger partial charge < -0.3 is 4.74 Å². The van der Waals surface area contributed by atoms with Crippen molar-refractivity contribution >= 4 is 33.6 Å². The van der Waals surface area contributed by atoms with Gasteiger partial charge in [-0.25, -0.2) is 9.59 Å². The first-order valence-corrected chi connectivity index (χ1v) is 4.54. The summed E-state index contributed by atoms with van der Waals surface area (Å²) in [6.07, 6.45) is 0. The molecule has 0 amide bonds. The van der Waals surface area contributed by atoms with Crippen LogP contribution in [0.25, 0.3) is 0 Å². The molecule has 7 heteroatoms. The Kier molecular flexibility index (Phi) is 2.04. The van der Waals surface area contributed by atoms with Crippen LogP contribution in [0, 0.1) is 10.1 Å². The van der Waals surface area contributed by atoms with Crippen LogP contribution in [0.5, 0.6) is 0 Å². The topological polar surface area (TPSA) is 86.5 Å². The fourth-order valence-corrected chi connectivity index (χ4v) is 1.72. The van der Waals surface area contributed by atoms with Gasteiger partial charge in [0.05, 0.1) is 20.5 Å². The number of fused-ring (bicyclic) bond motifs is 1. The SMILES string of the molecule is O=C1OC(=O)c2cc([N+](=O)[O-])c(Br)cc21. The average molecular weight is 272 g/mol. The molecule has 0 saturated carbocycles. The lowest BCUT2D eigenvalue weighted by Gasteiger charge is -1.96. The molecule has 0 saturated heterocycles. The molecule has 0 N–H and O–H groups in total. The Morgan fingerprint density at radius 1 is 1.20 bits per heavy atom. The summed E-state index contributed by atoms with van der Waals surface area (Å²) >= 11 is 2.94. The van der Waals surface area contributed by atoms with E-state index in [4.69, 9.17) is 0 Å². The maximum atomic E-state index is 11.1. The second-order valence-electron chi connectivity index (χ2n) is 2.78. The summed E-state index contributed by atoms with van der Waals surface area (Å²) < 4.78 is 4.44. The summed E-state index contributed by atoms with van der Waals surface area (Å²) in [7, 11) is 0. The Hall–Kier alpha value is -1.76. The molecule has 0 fully saturated rings. The van der Waals surface area contributed by atoms with Crippen molar-refractivity contribution < 1.29 is 19.2 Å². The van der Waals surface area contributed by atoms with Crippen molar-refractivity contribution in [1.82, 2.24) is 0 Å². The number of ether oxygens (including phenoxy) is 1. The Bertz CT molecular complexity index is 510. The molecule has 76 valence electrons. The lowest BCUT2D eigenvalue weighted by atomic mass is 10.1. The lowest BCUT2D eigenvalue weighted by molar-refractivity contribution is -0.385. The normalized spacial score (nSPS) is 13.7. The van der Waals surface area contributed by atoms with E-state index >= 15 is 0 Å². The van der Waals surface area contributed by atoms with E-state index in [9.17, 15) is 19.7 Å². The van der Waals surface area contributed by atoms with Gasteiger partial charge in [-0.3, -0.25) is 10.1 Å². The summed E-state index contributed by atoms with van der Waals surface area (Å²) in [6.45, 7) is 0. The summed E-state index contributed by atoms with van der Waals surface area (Å²) in [5, 5.41) is 10.5. The van der Waals surface area contributed by atoms with Crippen LogP contribution < -0.4 is 0 Å². The maximum absolute atomic E-state index is 11.1. The number of nitrogens with zero attached hydrogens (tertiary/aromatic N) is 1. The van der Waals surface area contributed by atoms with E-state index in [2.05, 4.69) is 20.7 Å². The molecule has 0 atom stereocenters. The maximum Gasteiger partial charge on any atom is 0.347 e. The van der Waals surface area contributed by atoms with Crippen LogP contribution in [0.2, 0.25) is 0 Å². The van der Waals surface area contributed by atoms with Crippen molar-refractivity contribution in [3.63, 3.8) is 0 Å². The van der Waals surface area contributed by atoms with E-state index in [-0.39, 0.29) is 21.3 Å². The number of carbonyl (C=O) groups excluding carboxylic acids is 2. The van der Waals surface area contributed by atoms with Crippen LogP contribution in [0.1, 0.15) is 20.7 Å². The molecule has 15 heavy (non-hydrogen) atoms. The van der Waals surface area contributed by atoms with Gasteiger partial charge >= 0.3 is 11.9 Å². The molecule has 1 aromatic rings. The summed E-state index contributed by atoms with van der Waals surface area (Å²) in [5.74, 6) is -1.64. The minimum atomic E-state index is -0.856. The Morgan fingerprint density at radius 2 is 1.73 bits per heavy atom. The van der Waals surface area contributed by atoms with Crippen LogP contribution >= 0.6 is 15.9 Å². The average Bonchev–Trinajstić information content (AvgIpc) is 2.41. The van der Waals surface area contributed by atoms with E-state index < -0.39 is 16.9 Å². The second kappa shape index (κ2) is 3.13. The van der Waals surface area contributed by atoms with E-state index in [0.717, 1.165) is 6.07 Å². The van der Waals surface area contributed by atoms with Crippen LogP contribution in [-0.2, 0) is 4.74 Å². The van der Waals surface area contributed by atoms with E-state index in [1.165, 1.54) is 6.07 Å². The standard InChI is InChI=1S/C8H2BrNO5/c9-5-1-3-4(2-6(5)10(13)14)8(12)15-7(3)11/h1-2H. The van der Waals surface area contributed by atoms with Gasteiger partial charge in [-0.15, -0.1) is 0 Å². The van der Waals surface area contributed by atoms with Crippen molar-refractivity contribution in [2.75, 3.05) is 0 Å². The Labute approximate surface area is 91.1 Å². The van der Waals surface area contributed by atoms with Crippen LogP contribution in [0.4, 0.5) is 5.69 Å². The molecule has 1 aliphatic rings. The quantitative estimate of drug-likeness (QED) is 0.336. The molecule has 0 bridgehead atoms. The molecular formula is C8H2BrNO5. The van der Waals surface area contributed by atoms with E-state index in [1.807, 2.05) is 0 Å². The number of cyclic esters (lactones) is 2. The van der Waals surface area contributed by atoms with Gasteiger partial charge in [0.15, 0.2) is 0 Å². The van der Waals surface area contributed by atoms with Gasteiger partial charge in [0, 0.05) is 6.07 Å². The third-order valence-corrected chi connectivity index (χ3v) is 2.54. The molecule has 2 rings (SSSR count). The largest absolute Gasteiger partial charge is 0.386 e. The predicted octanol–water partition coefficient (Wildman–Crippen LogP) is 1.67. The molecule has 0 spiro atoms. The number of carbonyl (C=O) groups is 2. The highest BCUT2D eigenvalue weighted by Gasteiger charge is 2.33. The van der Waals surface area contributed by atoms with Gasteiger partial charge in [0.1, 0.15) is 0 Å². The minimum absolute atomic E-state index is 0.0393. The fraction of sp³-hybridized carbons (Fsp3) is 0. The highest BCUT2D eigenvalue weighted by Crippen LogP contribution is 2.31. The van der Waals surface area contributed by atoms with Crippen molar-refractivity contribution in [3.05, 3.63) is 37.8 Å². The molecule has 0 radical (unpaired) electrons. The highest BCUT2D eigenvalue weighted by atomic mass is 79.9. The first-order valence-electron chi connectivity index (χ1n) is 3.75. The molecule has 1 aromatic carbocycles. The van der Waals surface area contributed by atoms with Crippen LogP contribution in [0.15, 0.2) is 16.6 Å². The third-order valence-electron chi connectivity index (χ3n) is 1.91. The zero-order valence-electron chi connectivity index (χ0n) is 7.02. The molecule has 0 aromatic heterocycles. The first kappa shape index (κ1) is 9.78. The lowest BCUT2D eigenvalue weighted by Crippen LogP contribution is -1.97. The number of hydrogen-bond donors (Lipinski definition) is 0. The van der Waals surface area contributed by atoms with E-state index in [1.54, 1.807) is 0 Å². The van der Waals surface area contributed by atoms with Crippen molar-refractivity contribution in [1.29, 1.82) is 0 Å². The fourth-order valence-electron chi connectivity index (χ4n) is 1.23. The summed E-state index contributed by atoms with van der Waals surface area (Å²) in [6, 6.07) is 2.23. The number of benzene rings is 1. The second-order valence-corrected chi connectivity index (χ2v) is 3.64. The number of nitro benzene ring substituents is 1.